The number of nitrogens with one attached hydrogen (secondary N) is 1. The fourth-order valence-electron chi connectivity index (χ4n) is 5.63. The van der Waals surface area contributed by atoms with E-state index in [2.05, 4.69) is 5.32 Å². The zero-order chi connectivity index (χ0) is 22.7. The van der Waals surface area contributed by atoms with Gasteiger partial charge >= 0.3 is 0 Å². The lowest BCUT2D eigenvalue weighted by molar-refractivity contribution is -0.126. The van der Waals surface area contributed by atoms with E-state index in [0.29, 0.717) is 29.3 Å². The third-order valence-electron chi connectivity index (χ3n) is 7.09. The summed E-state index contributed by atoms with van der Waals surface area (Å²) in [5.41, 5.74) is 1.57. The van der Waals surface area contributed by atoms with Crippen molar-refractivity contribution < 1.29 is 23.5 Å². The average Bonchev–Trinajstić information content (AvgIpc) is 3.49. The Bertz CT molecular complexity index is 1290. The molecule has 1 unspecified atom stereocenters. The number of likely N-dealkylation sites (tertiary alicyclic amines) is 1. The molecule has 1 N–H and O–H groups in total. The third-order valence-corrected chi connectivity index (χ3v) is 7.09. The highest BCUT2D eigenvalue weighted by Crippen LogP contribution is 2.55. The molecule has 3 aliphatic heterocycles. The number of carbonyl (C=O) groups excluding carboxylic acids is 2. The fourth-order valence-corrected chi connectivity index (χ4v) is 5.63. The van der Waals surface area contributed by atoms with Crippen LogP contribution in [0, 0.1) is 11.7 Å². The van der Waals surface area contributed by atoms with Gasteiger partial charge in [0, 0.05) is 29.3 Å². The molecule has 33 heavy (non-hydrogen) atoms. The van der Waals surface area contributed by atoms with Crippen LogP contribution in [-0.2, 0) is 10.3 Å². The minimum atomic E-state index is -1.18. The largest absolute Gasteiger partial charge is 0.454 e. The Morgan fingerprint density at radius 1 is 1.06 bits per heavy atom. The quantitative estimate of drug-likeness (QED) is 0.620. The van der Waals surface area contributed by atoms with Gasteiger partial charge in [-0.1, -0.05) is 30.3 Å². The Kier molecular flexibility index (Phi) is 4.32. The van der Waals surface area contributed by atoms with Gasteiger partial charge in [0.15, 0.2) is 17.3 Å². The number of carbonyl (C=O) groups is 2. The van der Waals surface area contributed by atoms with Crippen LogP contribution in [0.3, 0.4) is 0 Å². The number of ketones is 1. The van der Waals surface area contributed by atoms with Gasteiger partial charge in [0.1, 0.15) is 11.4 Å². The molecule has 3 heterocycles. The maximum atomic E-state index is 14.2. The first-order valence-electron chi connectivity index (χ1n) is 10.8. The van der Waals surface area contributed by atoms with Gasteiger partial charge in [-0.25, -0.2) is 4.39 Å². The fraction of sp³-hybridized carbons (Fsp3) is 0.231. The second kappa shape index (κ2) is 7.15. The molecule has 3 aliphatic rings. The standard InChI is InChI=1S/C26H21FN2O4/c1-29-13-18(15-6-9-17(27)10-7-15)23(24(30)16-8-11-21-22(12-16)33-14-32-21)26(29)19-4-2-3-5-20(19)28-25(26)31/h2-12,18,23H,13-14H2,1H3,(H,28,31)/t18-,23?,26-/m1/s1. The molecule has 1 amide bonds. The predicted molar refractivity (Wildman–Crippen MR) is 119 cm³/mol. The first kappa shape index (κ1) is 19.9. The number of rotatable bonds is 3. The molecule has 0 radical (unpaired) electrons. The maximum absolute atomic E-state index is 14.2. The molecule has 3 aromatic carbocycles. The van der Waals surface area contributed by atoms with Crippen molar-refractivity contribution in [2.75, 3.05) is 25.7 Å². The van der Waals surface area contributed by atoms with E-state index in [4.69, 9.17) is 9.47 Å². The first-order chi connectivity index (χ1) is 16.0. The van der Waals surface area contributed by atoms with Crippen molar-refractivity contribution >= 4 is 17.4 Å². The Morgan fingerprint density at radius 2 is 1.82 bits per heavy atom. The molecule has 3 atom stereocenters. The van der Waals surface area contributed by atoms with Crippen LogP contribution in [0.1, 0.15) is 27.4 Å². The van der Waals surface area contributed by atoms with Crippen LogP contribution in [0.2, 0.25) is 0 Å². The van der Waals surface area contributed by atoms with Gasteiger partial charge < -0.3 is 14.8 Å². The number of ether oxygens (including phenoxy) is 2. The topological polar surface area (TPSA) is 67.9 Å². The summed E-state index contributed by atoms with van der Waals surface area (Å²) in [6.45, 7) is 0.575. The third kappa shape index (κ3) is 2.75. The minimum Gasteiger partial charge on any atom is -0.454 e. The lowest BCUT2D eigenvalue weighted by Gasteiger charge is -2.35. The van der Waals surface area contributed by atoms with Crippen LogP contribution < -0.4 is 14.8 Å². The molecule has 6 nitrogen and oxygen atoms in total. The summed E-state index contributed by atoms with van der Waals surface area (Å²) in [6.07, 6.45) is 0. The highest BCUT2D eigenvalue weighted by molar-refractivity contribution is 6.12. The number of halogens is 1. The van der Waals surface area contributed by atoms with E-state index in [1.165, 1.54) is 12.1 Å². The van der Waals surface area contributed by atoms with E-state index >= 15 is 0 Å². The highest BCUT2D eigenvalue weighted by Gasteiger charge is 2.64. The van der Waals surface area contributed by atoms with Crippen LogP contribution in [0.5, 0.6) is 11.5 Å². The number of para-hydroxylation sites is 1. The van der Waals surface area contributed by atoms with Crippen LogP contribution in [0.4, 0.5) is 10.1 Å². The lowest BCUT2D eigenvalue weighted by Crippen LogP contribution is -2.51. The van der Waals surface area contributed by atoms with Crippen LogP contribution in [0.15, 0.2) is 66.7 Å². The maximum Gasteiger partial charge on any atom is 0.250 e. The Labute approximate surface area is 189 Å². The molecule has 1 fully saturated rings. The molecule has 0 aromatic heterocycles. The lowest BCUT2D eigenvalue weighted by atomic mass is 9.70. The van der Waals surface area contributed by atoms with E-state index in [0.717, 1.165) is 11.1 Å². The van der Waals surface area contributed by atoms with Gasteiger partial charge in [-0.15, -0.1) is 0 Å². The van der Waals surface area contributed by atoms with E-state index in [1.807, 2.05) is 36.2 Å². The van der Waals surface area contributed by atoms with Crippen LogP contribution >= 0.6 is 0 Å². The summed E-state index contributed by atoms with van der Waals surface area (Å²) >= 11 is 0. The van der Waals surface area contributed by atoms with Crippen molar-refractivity contribution in [2.45, 2.75) is 11.5 Å². The highest BCUT2D eigenvalue weighted by atomic mass is 19.1. The van der Waals surface area contributed by atoms with Crippen molar-refractivity contribution in [3.63, 3.8) is 0 Å². The van der Waals surface area contributed by atoms with E-state index in [1.54, 1.807) is 30.3 Å². The molecule has 0 saturated carbocycles. The number of Topliss-reactive ketones (excluding diaryl/α,β-unsaturated/α-hetero) is 1. The number of hydrogen-bond donors (Lipinski definition) is 1. The van der Waals surface area contributed by atoms with Gasteiger partial charge in [-0.2, -0.15) is 0 Å². The second-order valence-electron chi connectivity index (χ2n) is 8.71. The minimum absolute atomic E-state index is 0.108. The summed E-state index contributed by atoms with van der Waals surface area (Å²) in [7, 11) is 1.87. The molecule has 0 bridgehead atoms. The molecule has 3 aromatic rings. The van der Waals surface area contributed by atoms with E-state index < -0.39 is 11.5 Å². The normalized spacial score (nSPS) is 25.3. The second-order valence-corrected chi connectivity index (χ2v) is 8.71. The Morgan fingerprint density at radius 3 is 2.64 bits per heavy atom. The molecular weight excluding hydrogens is 423 g/mol. The smallest absolute Gasteiger partial charge is 0.250 e. The molecule has 166 valence electrons. The summed E-state index contributed by atoms with van der Waals surface area (Å²) < 4.78 is 24.6. The molecule has 6 rings (SSSR count). The van der Waals surface area contributed by atoms with Crippen molar-refractivity contribution in [3.05, 3.63) is 89.2 Å². The summed E-state index contributed by atoms with van der Waals surface area (Å²) in [5.74, 6) is -0.682. The number of fused-ring (bicyclic) bond motifs is 3. The monoisotopic (exact) mass is 444 g/mol. The van der Waals surface area contributed by atoms with Crippen molar-refractivity contribution in [1.29, 1.82) is 0 Å². The van der Waals surface area contributed by atoms with Gasteiger partial charge in [0.25, 0.3) is 0 Å². The Hall–Kier alpha value is -3.71. The van der Waals surface area contributed by atoms with Gasteiger partial charge in [0.2, 0.25) is 12.7 Å². The van der Waals surface area contributed by atoms with Gasteiger partial charge in [0.05, 0.1) is 5.92 Å². The Balaban J connectivity index is 1.54. The molecule has 0 aliphatic carbocycles. The van der Waals surface area contributed by atoms with Crippen LogP contribution in [-0.4, -0.2) is 37.0 Å². The van der Waals surface area contributed by atoms with Gasteiger partial charge in [-0.3, -0.25) is 14.5 Å². The number of nitrogens with zero attached hydrogens (tertiary/aromatic N) is 1. The molecular formula is C26H21FN2O4. The van der Waals surface area contributed by atoms with Crippen molar-refractivity contribution in [1.82, 2.24) is 4.90 Å². The predicted octanol–water partition coefficient (Wildman–Crippen LogP) is 3.93. The van der Waals surface area contributed by atoms with E-state index in [-0.39, 0.29) is 30.2 Å². The van der Waals surface area contributed by atoms with Gasteiger partial charge in [-0.05, 0) is 49.0 Å². The number of benzene rings is 3. The number of likely N-dealkylation sites (N-methyl/N-ethyl adjacent to an activating group) is 1. The molecule has 1 spiro atoms. The number of amides is 1. The summed E-state index contributed by atoms with van der Waals surface area (Å²) in [5, 5.41) is 2.98. The summed E-state index contributed by atoms with van der Waals surface area (Å²) in [6, 6.07) is 18.8. The van der Waals surface area contributed by atoms with Crippen molar-refractivity contribution in [3.8, 4) is 11.5 Å². The SMILES string of the molecule is CN1C[C@H](c2ccc(F)cc2)C(C(=O)c2ccc3c(c2)OCO3)[C@]12C(=O)Nc1ccccc12. The first-order valence-corrected chi connectivity index (χ1v) is 10.8. The van der Waals surface area contributed by atoms with E-state index in [9.17, 15) is 14.0 Å². The number of hydrogen-bond acceptors (Lipinski definition) is 5. The molecule has 7 heteroatoms. The van der Waals surface area contributed by atoms with Crippen LogP contribution in [0.25, 0.3) is 0 Å². The number of anilines is 1. The molecule has 1 saturated heterocycles. The zero-order valence-corrected chi connectivity index (χ0v) is 17.9. The van der Waals surface area contributed by atoms with Crippen molar-refractivity contribution in [2.24, 2.45) is 5.92 Å². The summed E-state index contributed by atoms with van der Waals surface area (Å²) in [4.78, 5) is 29.8. The zero-order valence-electron chi connectivity index (χ0n) is 17.9. The average molecular weight is 444 g/mol.